The molecule has 5 heteroatoms. The predicted molar refractivity (Wildman–Crippen MR) is 118 cm³/mol. The highest BCUT2D eigenvalue weighted by Gasteiger charge is 2.20. The number of ether oxygens (including phenoxy) is 1. The molecule has 0 radical (unpaired) electrons. The molecular formula is C24H27N2O2S+. The van der Waals surface area contributed by atoms with Crippen molar-refractivity contribution in [3.8, 4) is 0 Å². The fraction of sp³-hybridized carbons (Fsp3) is 0.250. The molecule has 2 atom stereocenters. The van der Waals surface area contributed by atoms with Crippen molar-refractivity contribution in [3.63, 3.8) is 0 Å². The zero-order chi connectivity index (χ0) is 19.9. The Kier molecular flexibility index (Phi) is 6.75. The lowest BCUT2D eigenvalue weighted by atomic mass is 9.91. The van der Waals surface area contributed by atoms with E-state index in [4.69, 9.17) is 4.74 Å². The Morgan fingerprint density at radius 1 is 0.966 bits per heavy atom. The maximum atomic E-state index is 10.3. The van der Waals surface area contributed by atoms with Gasteiger partial charge in [0.25, 0.3) is 0 Å². The van der Waals surface area contributed by atoms with E-state index in [1.165, 1.54) is 21.4 Å². The molecule has 2 aromatic heterocycles. The molecule has 0 saturated carbocycles. The molecule has 150 valence electrons. The molecule has 0 unspecified atom stereocenters. The molecule has 0 aliphatic rings. The van der Waals surface area contributed by atoms with Crippen molar-refractivity contribution in [2.75, 3.05) is 19.7 Å². The largest absolute Gasteiger partial charge is 0.385 e. The van der Waals surface area contributed by atoms with Crippen molar-refractivity contribution in [2.45, 2.75) is 18.6 Å². The van der Waals surface area contributed by atoms with Crippen LogP contribution in [0.3, 0.4) is 0 Å². The quantitative estimate of drug-likeness (QED) is 0.377. The minimum Gasteiger partial charge on any atom is -0.385 e. The highest BCUT2D eigenvalue weighted by Crippen LogP contribution is 2.29. The van der Waals surface area contributed by atoms with Gasteiger partial charge in [-0.05, 0) is 28.6 Å². The molecule has 2 aromatic carbocycles. The van der Waals surface area contributed by atoms with Gasteiger partial charge < -0.3 is 20.1 Å². The standard InChI is InChI=1S/C24H26N2O2S/c27-19(16-28-17-20-9-6-12-29-20)13-25-14-22(18-7-2-1-3-8-18)23-15-26-24-11-5-4-10-21(23)24/h1-12,15,19,22,25-27H,13-14,16-17H2/p+1/t19-,22-/m0/s1. The summed E-state index contributed by atoms with van der Waals surface area (Å²) in [5.74, 6) is 0.256. The maximum absolute atomic E-state index is 10.3. The van der Waals surface area contributed by atoms with Crippen molar-refractivity contribution < 1.29 is 15.2 Å². The maximum Gasteiger partial charge on any atom is 0.126 e. The molecule has 0 bridgehead atoms. The second kappa shape index (κ2) is 9.85. The average Bonchev–Trinajstić information content (AvgIpc) is 3.42. The van der Waals surface area contributed by atoms with Gasteiger partial charge in [-0.3, -0.25) is 0 Å². The first kappa shape index (κ1) is 19.9. The number of quaternary nitrogens is 1. The fourth-order valence-corrected chi connectivity index (χ4v) is 4.36. The van der Waals surface area contributed by atoms with Gasteiger partial charge in [-0.25, -0.2) is 0 Å². The zero-order valence-corrected chi connectivity index (χ0v) is 17.1. The van der Waals surface area contributed by atoms with Gasteiger partial charge in [0.1, 0.15) is 12.6 Å². The number of para-hydroxylation sites is 1. The topological polar surface area (TPSA) is 61.9 Å². The van der Waals surface area contributed by atoms with Crippen LogP contribution >= 0.6 is 11.3 Å². The lowest BCUT2D eigenvalue weighted by Crippen LogP contribution is -2.87. The molecule has 0 aliphatic heterocycles. The highest BCUT2D eigenvalue weighted by molar-refractivity contribution is 7.09. The lowest BCUT2D eigenvalue weighted by molar-refractivity contribution is -0.662. The third kappa shape index (κ3) is 5.14. The van der Waals surface area contributed by atoms with Crippen LogP contribution in [-0.2, 0) is 11.3 Å². The van der Waals surface area contributed by atoms with E-state index in [9.17, 15) is 5.11 Å². The Bertz CT molecular complexity index is 998. The first-order chi connectivity index (χ1) is 14.3. The summed E-state index contributed by atoms with van der Waals surface area (Å²) in [5, 5.41) is 15.8. The van der Waals surface area contributed by atoms with E-state index in [0.29, 0.717) is 19.8 Å². The van der Waals surface area contributed by atoms with Crippen LogP contribution in [0.15, 0.2) is 78.3 Å². The van der Waals surface area contributed by atoms with Gasteiger partial charge in [0.15, 0.2) is 0 Å². The third-order valence-electron chi connectivity index (χ3n) is 5.17. The lowest BCUT2D eigenvalue weighted by Gasteiger charge is -2.17. The van der Waals surface area contributed by atoms with Gasteiger partial charge >= 0.3 is 0 Å². The van der Waals surface area contributed by atoms with Gasteiger partial charge in [-0.15, -0.1) is 11.3 Å². The number of rotatable bonds is 10. The number of benzene rings is 2. The number of aliphatic hydroxyl groups is 1. The number of hydrogen-bond acceptors (Lipinski definition) is 3. The van der Waals surface area contributed by atoms with Crippen LogP contribution in [0.2, 0.25) is 0 Å². The summed E-state index contributed by atoms with van der Waals surface area (Å²) in [7, 11) is 0. The van der Waals surface area contributed by atoms with Crippen LogP contribution in [0.1, 0.15) is 21.9 Å². The number of hydrogen-bond donors (Lipinski definition) is 3. The fourth-order valence-electron chi connectivity index (χ4n) is 3.72. The van der Waals surface area contributed by atoms with Crippen LogP contribution in [0, 0.1) is 0 Å². The van der Waals surface area contributed by atoms with Gasteiger partial charge in [0.05, 0.1) is 25.7 Å². The van der Waals surface area contributed by atoms with E-state index in [0.717, 1.165) is 12.1 Å². The van der Waals surface area contributed by atoms with Crippen molar-refractivity contribution in [1.82, 2.24) is 4.98 Å². The summed E-state index contributed by atoms with van der Waals surface area (Å²) in [4.78, 5) is 4.58. The molecule has 0 fully saturated rings. The summed E-state index contributed by atoms with van der Waals surface area (Å²) in [5.41, 5.74) is 3.74. The van der Waals surface area contributed by atoms with Crippen LogP contribution in [0.4, 0.5) is 0 Å². The molecule has 4 N–H and O–H groups in total. The van der Waals surface area contributed by atoms with Crippen molar-refractivity contribution in [1.29, 1.82) is 0 Å². The van der Waals surface area contributed by atoms with Crippen LogP contribution in [0.5, 0.6) is 0 Å². The monoisotopic (exact) mass is 407 g/mol. The van der Waals surface area contributed by atoms with E-state index in [1.54, 1.807) is 11.3 Å². The minimum atomic E-state index is -0.477. The number of nitrogens with one attached hydrogen (secondary N) is 1. The van der Waals surface area contributed by atoms with Crippen LogP contribution in [0.25, 0.3) is 10.9 Å². The number of aromatic amines is 1. The van der Waals surface area contributed by atoms with Gasteiger partial charge in [-0.1, -0.05) is 54.6 Å². The summed E-state index contributed by atoms with van der Waals surface area (Å²) in [6.45, 7) is 2.41. The molecular weight excluding hydrogens is 380 g/mol. The Morgan fingerprint density at radius 2 is 1.79 bits per heavy atom. The molecule has 0 amide bonds. The first-order valence-electron chi connectivity index (χ1n) is 10.0. The van der Waals surface area contributed by atoms with E-state index in [2.05, 4.69) is 71.1 Å². The summed E-state index contributed by atoms with van der Waals surface area (Å²) in [6.07, 6.45) is 1.64. The van der Waals surface area contributed by atoms with E-state index < -0.39 is 6.10 Å². The summed E-state index contributed by atoms with van der Waals surface area (Å²) >= 11 is 1.68. The number of fused-ring (bicyclic) bond motifs is 1. The molecule has 4 rings (SSSR count). The second-order valence-corrected chi connectivity index (χ2v) is 8.29. The van der Waals surface area contributed by atoms with Gasteiger partial charge in [0, 0.05) is 22.0 Å². The van der Waals surface area contributed by atoms with E-state index in [1.807, 2.05) is 17.5 Å². The molecule has 2 heterocycles. The number of H-pyrrole nitrogens is 1. The molecule has 4 aromatic rings. The molecule has 4 nitrogen and oxygen atoms in total. The Morgan fingerprint density at radius 3 is 2.62 bits per heavy atom. The number of thiophene rings is 1. The Labute approximate surface area is 175 Å². The SMILES string of the molecule is O[C@@H](C[NH2+]C[C@@H](c1ccccc1)c1c[nH]c2ccccc12)COCc1cccs1. The third-order valence-corrected chi connectivity index (χ3v) is 6.02. The smallest absolute Gasteiger partial charge is 0.126 e. The van der Waals surface area contributed by atoms with Crippen LogP contribution < -0.4 is 5.32 Å². The van der Waals surface area contributed by atoms with Gasteiger partial charge in [0.2, 0.25) is 0 Å². The van der Waals surface area contributed by atoms with Crippen molar-refractivity contribution >= 4 is 22.2 Å². The number of aliphatic hydroxyl groups excluding tert-OH is 1. The summed E-state index contributed by atoms with van der Waals surface area (Å²) in [6, 6.07) is 23.1. The minimum absolute atomic E-state index is 0.256. The zero-order valence-electron chi connectivity index (χ0n) is 16.3. The van der Waals surface area contributed by atoms with Crippen molar-refractivity contribution in [3.05, 3.63) is 94.3 Å². The van der Waals surface area contributed by atoms with E-state index in [-0.39, 0.29) is 5.92 Å². The molecule has 0 spiro atoms. The van der Waals surface area contributed by atoms with Crippen molar-refractivity contribution in [2.24, 2.45) is 0 Å². The van der Waals surface area contributed by atoms with Crippen LogP contribution in [-0.4, -0.2) is 35.9 Å². The predicted octanol–water partition coefficient (Wildman–Crippen LogP) is 3.50. The summed E-state index contributed by atoms with van der Waals surface area (Å²) < 4.78 is 5.65. The number of nitrogens with two attached hydrogens (primary N) is 1. The average molecular weight is 408 g/mol. The normalized spacial score (nSPS) is 13.6. The molecule has 0 aliphatic carbocycles. The Hall–Kier alpha value is -2.44. The van der Waals surface area contributed by atoms with Gasteiger partial charge in [-0.2, -0.15) is 0 Å². The number of aromatic nitrogens is 1. The first-order valence-corrected chi connectivity index (χ1v) is 10.9. The molecule has 29 heavy (non-hydrogen) atoms. The Balaban J connectivity index is 1.37. The molecule has 0 saturated heterocycles. The second-order valence-electron chi connectivity index (χ2n) is 7.26. The highest BCUT2D eigenvalue weighted by atomic mass is 32.1. The van der Waals surface area contributed by atoms with E-state index >= 15 is 0 Å².